The molecular formula is C14H18F2N2O3S. The molecule has 1 fully saturated rings. The lowest BCUT2D eigenvalue weighted by Crippen LogP contribution is -2.31. The summed E-state index contributed by atoms with van der Waals surface area (Å²) >= 11 is 0. The number of halogens is 2. The smallest absolute Gasteiger partial charge is 0.251 e. The van der Waals surface area contributed by atoms with Crippen molar-refractivity contribution in [2.75, 3.05) is 0 Å². The van der Waals surface area contributed by atoms with Crippen LogP contribution in [0.15, 0.2) is 29.2 Å². The van der Waals surface area contributed by atoms with E-state index < -0.39 is 27.8 Å². The van der Waals surface area contributed by atoms with Gasteiger partial charge in [0.1, 0.15) is 0 Å². The van der Waals surface area contributed by atoms with Crippen LogP contribution in [0.3, 0.4) is 0 Å². The summed E-state index contributed by atoms with van der Waals surface area (Å²) in [6.07, 6.45) is 0.303. The van der Waals surface area contributed by atoms with Crippen LogP contribution >= 0.6 is 0 Å². The molecule has 1 aliphatic carbocycles. The van der Waals surface area contributed by atoms with Crippen molar-refractivity contribution in [1.29, 1.82) is 0 Å². The zero-order chi connectivity index (χ0) is 16.4. The van der Waals surface area contributed by atoms with Crippen molar-refractivity contribution < 1.29 is 22.0 Å². The maximum absolute atomic E-state index is 13.5. The van der Waals surface area contributed by atoms with Crippen molar-refractivity contribution in [3.05, 3.63) is 29.8 Å². The third-order valence-electron chi connectivity index (χ3n) is 3.85. The number of hydrogen-bond acceptors (Lipinski definition) is 3. The summed E-state index contributed by atoms with van der Waals surface area (Å²) in [4.78, 5) is 11.7. The number of primary sulfonamides is 1. The highest BCUT2D eigenvalue weighted by Gasteiger charge is 2.44. The second-order valence-electron chi connectivity index (χ2n) is 5.48. The van der Waals surface area contributed by atoms with E-state index in [1.807, 2.05) is 0 Å². The van der Waals surface area contributed by atoms with E-state index >= 15 is 0 Å². The van der Waals surface area contributed by atoms with E-state index in [-0.39, 0.29) is 24.3 Å². The molecule has 122 valence electrons. The quantitative estimate of drug-likeness (QED) is 0.861. The lowest BCUT2D eigenvalue weighted by molar-refractivity contribution is -0.125. The van der Waals surface area contributed by atoms with Crippen molar-refractivity contribution in [3.8, 4) is 0 Å². The van der Waals surface area contributed by atoms with E-state index in [4.69, 9.17) is 5.14 Å². The van der Waals surface area contributed by atoms with E-state index in [0.29, 0.717) is 18.4 Å². The normalized spacial score (nSPS) is 20.8. The van der Waals surface area contributed by atoms with Crippen LogP contribution < -0.4 is 10.5 Å². The highest BCUT2D eigenvalue weighted by atomic mass is 32.2. The zero-order valence-electron chi connectivity index (χ0n) is 11.9. The molecule has 0 heterocycles. The summed E-state index contributed by atoms with van der Waals surface area (Å²) in [5.41, 5.74) is 0.330. The fourth-order valence-corrected chi connectivity index (χ4v) is 3.44. The predicted molar refractivity (Wildman–Crippen MR) is 76.6 cm³/mol. The number of rotatable bonds is 5. The summed E-state index contributed by atoms with van der Waals surface area (Å²) in [6, 6.07) is 5.98. The van der Waals surface area contributed by atoms with Gasteiger partial charge in [0.15, 0.2) is 0 Å². The molecular weight excluding hydrogens is 314 g/mol. The monoisotopic (exact) mass is 332 g/mol. The third kappa shape index (κ3) is 4.01. The molecule has 0 aromatic heterocycles. The van der Waals surface area contributed by atoms with Gasteiger partial charge in [-0.1, -0.05) is 18.2 Å². The summed E-state index contributed by atoms with van der Waals surface area (Å²) < 4.78 is 49.8. The first-order chi connectivity index (χ1) is 10.2. The van der Waals surface area contributed by atoms with Crippen molar-refractivity contribution in [2.45, 2.75) is 43.0 Å². The van der Waals surface area contributed by atoms with E-state index in [9.17, 15) is 22.0 Å². The van der Waals surface area contributed by atoms with Crippen LogP contribution in [0.2, 0.25) is 0 Å². The molecule has 0 aliphatic heterocycles. The van der Waals surface area contributed by atoms with Crippen molar-refractivity contribution in [1.82, 2.24) is 5.32 Å². The number of hydrogen-bond donors (Lipinski definition) is 2. The Bertz CT molecular complexity index is 662. The molecule has 1 aromatic carbocycles. The number of carbonyl (C=O) groups is 1. The average molecular weight is 332 g/mol. The highest BCUT2D eigenvalue weighted by Crippen LogP contribution is 2.42. The summed E-state index contributed by atoms with van der Waals surface area (Å²) in [5, 5.41) is 7.58. The molecule has 0 spiro atoms. The number of nitrogens with two attached hydrogens (primary N) is 1. The first-order valence-electron chi connectivity index (χ1n) is 6.95. The number of nitrogens with one attached hydrogen (secondary N) is 1. The van der Waals surface area contributed by atoms with Crippen LogP contribution in [0.5, 0.6) is 0 Å². The Morgan fingerprint density at radius 2 is 2.05 bits per heavy atom. The largest absolute Gasteiger partial charge is 0.352 e. The molecule has 1 aromatic rings. The first kappa shape index (κ1) is 16.8. The van der Waals surface area contributed by atoms with Crippen LogP contribution in [-0.2, 0) is 21.4 Å². The molecule has 1 unspecified atom stereocenters. The van der Waals surface area contributed by atoms with Gasteiger partial charge in [0, 0.05) is 25.3 Å². The summed E-state index contributed by atoms with van der Waals surface area (Å²) in [6.45, 7) is -0.0657. The van der Waals surface area contributed by atoms with Crippen LogP contribution in [0.25, 0.3) is 0 Å². The molecule has 1 aliphatic rings. The number of benzene rings is 1. The first-order valence-corrected chi connectivity index (χ1v) is 8.50. The van der Waals surface area contributed by atoms with Gasteiger partial charge in [0.25, 0.3) is 5.92 Å². The minimum absolute atomic E-state index is 0.0657. The van der Waals surface area contributed by atoms with Gasteiger partial charge in [-0.05, 0) is 24.5 Å². The van der Waals surface area contributed by atoms with Gasteiger partial charge in [-0.15, -0.1) is 0 Å². The molecule has 22 heavy (non-hydrogen) atoms. The molecule has 3 N–H and O–H groups in total. The minimum Gasteiger partial charge on any atom is -0.352 e. The van der Waals surface area contributed by atoms with E-state index in [1.165, 1.54) is 18.2 Å². The Morgan fingerprint density at radius 3 is 2.64 bits per heavy atom. The fraction of sp³-hybridized carbons (Fsp3) is 0.500. The van der Waals surface area contributed by atoms with Gasteiger partial charge in [0.2, 0.25) is 15.9 Å². The van der Waals surface area contributed by atoms with E-state index in [2.05, 4.69) is 5.32 Å². The van der Waals surface area contributed by atoms with Crippen LogP contribution in [-0.4, -0.2) is 20.2 Å². The molecule has 1 saturated carbocycles. The highest BCUT2D eigenvalue weighted by molar-refractivity contribution is 7.89. The number of sulfonamides is 1. The molecule has 0 radical (unpaired) electrons. The summed E-state index contributed by atoms with van der Waals surface area (Å²) in [7, 11) is -3.89. The molecule has 1 atom stereocenters. The van der Waals surface area contributed by atoms with Crippen LogP contribution in [0, 0.1) is 5.92 Å². The SMILES string of the molecule is NS(=O)(=O)c1ccccc1CNC(=O)CC1CCCC1(F)F. The second-order valence-corrected chi connectivity index (χ2v) is 7.01. The van der Waals surface area contributed by atoms with Crippen molar-refractivity contribution in [3.63, 3.8) is 0 Å². The predicted octanol–water partition coefficient (Wildman–Crippen LogP) is 1.78. The van der Waals surface area contributed by atoms with Crippen LogP contribution in [0.1, 0.15) is 31.2 Å². The minimum atomic E-state index is -3.89. The third-order valence-corrected chi connectivity index (χ3v) is 4.86. The number of alkyl halides is 2. The Kier molecular flexibility index (Phi) is 4.81. The molecule has 0 bridgehead atoms. The molecule has 1 amide bonds. The maximum atomic E-state index is 13.5. The Labute approximate surface area is 127 Å². The lowest BCUT2D eigenvalue weighted by Gasteiger charge is -2.18. The Morgan fingerprint density at radius 1 is 1.36 bits per heavy atom. The second kappa shape index (κ2) is 6.29. The lowest BCUT2D eigenvalue weighted by atomic mass is 10.0. The molecule has 8 heteroatoms. The zero-order valence-corrected chi connectivity index (χ0v) is 12.7. The Balaban J connectivity index is 1.98. The fourth-order valence-electron chi connectivity index (χ4n) is 2.67. The maximum Gasteiger partial charge on any atom is 0.251 e. The van der Waals surface area contributed by atoms with Gasteiger partial charge < -0.3 is 5.32 Å². The van der Waals surface area contributed by atoms with Gasteiger partial charge in [-0.25, -0.2) is 22.3 Å². The van der Waals surface area contributed by atoms with Gasteiger partial charge in [-0.2, -0.15) is 0 Å². The molecule has 0 saturated heterocycles. The molecule has 2 rings (SSSR count). The molecule has 5 nitrogen and oxygen atoms in total. The standard InChI is InChI=1S/C14H18F2N2O3S/c15-14(16)7-3-5-11(14)8-13(19)18-9-10-4-1-2-6-12(10)22(17,20)21/h1-2,4,6,11H,3,5,7-9H2,(H,18,19)(H2,17,20,21). The van der Waals surface area contributed by atoms with Gasteiger partial charge in [0.05, 0.1) is 4.90 Å². The van der Waals surface area contributed by atoms with E-state index in [0.717, 1.165) is 0 Å². The number of carbonyl (C=O) groups excluding carboxylic acids is 1. The van der Waals surface area contributed by atoms with Gasteiger partial charge in [-0.3, -0.25) is 4.79 Å². The van der Waals surface area contributed by atoms with Crippen molar-refractivity contribution in [2.24, 2.45) is 11.1 Å². The van der Waals surface area contributed by atoms with Gasteiger partial charge >= 0.3 is 0 Å². The summed E-state index contributed by atoms with van der Waals surface area (Å²) in [5.74, 6) is -4.26. The van der Waals surface area contributed by atoms with Crippen LogP contribution in [0.4, 0.5) is 8.78 Å². The van der Waals surface area contributed by atoms with E-state index in [1.54, 1.807) is 6.07 Å². The topological polar surface area (TPSA) is 89.3 Å². The average Bonchev–Trinajstić information content (AvgIpc) is 2.75. The van der Waals surface area contributed by atoms with Crippen molar-refractivity contribution >= 4 is 15.9 Å². The Hall–Kier alpha value is -1.54. The number of amides is 1.